The zero-order valence-corrected chi connectivity index (χ0v) is 11.7. The lowest BCUT2D eigenvalue weighted by atomic mass is 10.1. The molecule has 0 aromatic heterocycles. The number of aryl methyl sites for hydroxylation is 1. The number of para-hydroxylation sites is 1. The van der Waals surface area contributed by atoms with Crippen LogP contribution in [0.15, 0.2) is 36.4 Å². The molecule has 108 valence electrons. The van der Waals surface area contributed by atoms with Crippen molar-refractivity contribution in [2.75, 3.05) is 5.32 Å². The van der Waals surface area contributed by atoms with Gasteiger partial charge in [-0.2, -0.15) is 0 Å². The highest BCUT2D eigenvalue weighted by Gasteiger charge is 2.20. The van der Waals surface area contributed by atoms with Gasteiger partial charge in [0, 0.05) is 16.7 Å². The van der Waals surface area contributed by atoms with Crippen LogP contribution in [-0.2, 0) is 0 Å². The molecule has 0 aliphatic heterocycles. The third-order valence-corrected chi connectivity index (χ3v) is 3.12. The number of benzene rings is 2. The predicted octanol–water partition coefficient (Wildman–Crippen LogP) is 3.51. The van der Waals surface area contributed by atoms with Crippen molar-refractivity contribution < 1.29 is 14.8 Å². The molecule has 0 aliphatic carbocycles. The first-order valence-electron chi connectivity index (χ1n) is 5.94. The molecule has 0 unspecified atom stereocenters. The minimum Gasteiger partial charge on any atom is -0.505 e. The minimum atomic E-state index is -0.677. The van der Waals surface area contributed by atoms with E-state index < -0.39 is 10.8 Å². The summed E-state index contributed by atoms with van der Waals surface area (Å²) in [5.41, 5.74) is 0.326. The maximum atomic E-state index is 12.2. The van der Waals surface area contributed by atoms with Crippen LogP contribution in [0.3, 0.4) is 0 Å². The number of nitrogens with one attached hydrogen (secondary N) is 1. The molecule has 1 amide bonds. The van der Waals surface area contributed by atoms with Gasteiger partial charge in [-0.25, -0.2) is 0 Å². The quantitative estimate of drug-likeness (QED) is 0.515. The summed E-state index contributed by atoms with van der Waals surface area (Å²) >= 11 is 5.81. The standard InChI is InChI=1S/C14H11ClN2O4/c1-8-7-9(15)5-6-10(8)14(19)16-13-11(17(20)21)3-2-4-12(13)18/h2-7,18H,1H3,(H,16,19). The molecule has 0 bridgehead atoms. The van der Waals surface area contributed by atoms with Gasteiger partial charge in [0.1, 0.15) is 5.75 Å². The molecule has 2 rings (SSSR count). The molecule has 2 aromatic carbocycles. The van der Waals surface area contributed by atoms with Crippen LogP contribution < -0.4 is 5.32 Å². The van der Waals surface area contributed by atoms with Crippen LogP contribution in [0.25, 0.3) is 0 Å². The summed E-state index contributed by atoms with van der Waals surface area (Å²) in [6, 6.07) is 8.45. The second kappa shape index (κ2) is 5.80. The number of halogens is 1. The highest BCUT2D eigenvalue weighted by Crippen LogP contribution is 2.33. The number of phenols is 1. The second-order valence-corrected chi connectivity index (χ2v) is 4.78. The van der Waals surface area contributed by atoms with Crippen LogP contribution in [0.2, 0.25) is 5.02 Å². The molecule has 7 heteroatoms. The SMILES string of the molecule is Cc1cc(Cl)ccc1C(=O)Nc1c(O)cccc1[N+](=O)[O-]. The molecule has 0 spiro atoms. The molecule has 0 fully saturated rings. The van der Waals surface area contributed by atoms with Crippen molar-refractivity contribution in [3.8, 4) is 5.75 Å². The summed E-state index contributed by atoms with van der Waals surface area (Å²) in [6.07, 6.45) is 0. The van der Waals surface area contributed by atoms with Gasteiger partial charge in [0.2, 0.25) is 0 Å². The van der Waals surface area contributed by atoms with E-state index in [0.29, 0.717) is 16.1 Å². The minimum absolute atomic E-state index is 0.234. The topological polar surface area (TPSA) is 92.5 Å². The van der Waals surface area contributed by atoms with Gasteiger partial charge < -0.3 is 10.4 Å². The predicted molar refractivity (Wildman–Crippen MR) is 78.9 cm³/mol. The molecule has 6 nitrogen and oxygen atoms in total. The first-order chi connectivity index (χ1) is 9.90. The number of carbonyl (C=O) groups excluding carboxylic acids is 1. The summed E-state index contributed by atoms with van der Waals surface area (Å²) in [5.74, 6) is -0.932. The Kier molecular flexibility index (Phi) is 4.09. The summed E-state index contributed by atoms with van der Waals surface area (Å²) in [5, 5.41) is 23.5. The fraction of sp³-hybridized carbons (Fsp3) is 0.0714. The highest BCUT2D eigenvalue weighted by molar-refractivity contribution is 6.30. The molecule has 2 aromatic rings. The second-order valence-electron chi connectivity index (χ2n) is 4.34. The van der Waals surface area contributed by atoms with Gasteiger partial charge in [0.15, 0.2) is 5.69 Å². The lowest BCUT2D eigenvalue weighted by Gasteiger charge is -2.09. The number of nitro groups is 1. The number of hydrogen-bond donors (Lipinski definition) is 2. The van der Waals surface area contributed by atoms with Crippen molar-refractivity contribution in [3.05, 3.63) is 62.7 Å². The normalized spacial score (nSPS) is 10.2. The molecule has 0 aliphatic rings. The van der Waals surface area contributed by atoms with Crippen molar-refractivity contribution in [3.63, 3.8) is 0 Å². The molecule has 0 saturated carbocycles. The van der Waals surface area contributed by atoms with Crippen molar-refractivity contribution in [2.24, 2.45) is 0 Å². The summed E-state index contributed by atoms with van der Waals surface area (Å²) < 4.78 is 0. The van der Waals surface area contributed by atoms with Crippen LogP contribution in [0.4, 0.5) is 11.4 Å². The van der Waals surface area contributed by atoms with Crippen molar-refractivity contribution >= 4 is 28.9 Å². The third-order valence-electron chi connectivity index (χ3n) is 2.89. The zero-order chi connectivity index (χ0) is 15.6. The fourth-order valence-corrected chi connectivity index (χ4v) is 2.10. The molecular weight excluding hydrogens is 296 g/mol. The monoisotopic (exact) mass is 306 g/mol. The average Bonchev–Trinajstić information content (AvgIpc) is 2.40. The van der Waals surface area contributed by atoms with E-state index in [4.69, 9.17) is 11.6 Å². The number of anilines is 1. The van der Waals surface area contributed by atoms with Crippen LogP contribution in [0.1, 0.15) is 15.9 Å². The van der Waals surface area contributed by atoms with E-state index in [9.17, 15) is 20.0 Å². The van der Waals surface area contributed by atoms with E-state index in [-0.39, 0.29) is 17.1 Å². The summed E-state index contributed by atoms with van der Waals surface area (Å²) in [4.78, 5) is 22.4. The van der Waals surface area contributed by atoms with Gasteiger partial charge in [-0.1, -0.05) is 17.7 Å². The number of nitrogens with zero attached hydrogens (tertiary/aromatic N) is 1. The molecule has 0 saturated heterocycles. The largest absolute Gasteiger partial charge is 0.505 e. The van der Waals surface area contributed by atoms with E-state index in [1.54, 1.807) is 19.1 Å². The Labute approximate surface area is 125 Å². The van der Waals surface area contributed by atoms with Crippen molar-refractivity contribution in [1.29, 1.82) is 0 Å². The van der Waals surface area contributed by atoms with E-state index in [0.717, 1.165) is 0 Å². The molecule has 2 N–H and O–H groups in total. The number of aromatic hydroxyl groups is 1. The highest BCUT2D eigenvalue weighted by atomic mass is 35.5. The van der Waals surface area contributed by atoms with E-state index >= 15 is 0 Å². The zero-order valence-electron chi connectivity index (χ0n) is 11.0. The number of rotatable bonds is 3. The Bertz CT molecular complexity index is 731. The number of nitro benzene ring substituents is 1. The van der Waals surface area contributed by atoms with Crippen LogP contribution >= 0.6 is 11.6 Å². The van der Waals surface area contributed by atoms with Crippen molar-refractivity contribution in [1.82, 2.24) is 0 Å². The van der Waals surface area contributed by atoms with Gasteiger partial charge in [-0.3, -0.25) is 14.9 Å². The number of carbonyl (C=O) groups is 1. The molecule has 21 heavy (non-hydrogen) atoms. The van der Waals surface area contributed by atoms with Gasteiger partial charge in [0.25, 0.3) is 11.6 Å². The van der Waals surface area contributed by atoms with Gasteiger partial charge >= 0.3 is 0 Å². The van der Waals surface area contributed by atoms with E-state index in [2.05, 4.69) is 5.32 Å². The van der Waals surface area contributed by atoms with E-state index in [1.165, 1.54) is 24.3 Å². The van der Waals surface area contributed by atoms with Crippen LogP contribution in [-0.4, -0.2) is 15.9 Å². The number of phenolic OH excluding ortho intramolecular Hbond substituents is 1. The van der Waals surface area contributed by atoms with Crippen LogP contribution in [0.5, 0.6) is 5.75 Å². The average molecular weight is 307 g/mol. The molecular formula is C14H11ClN2O4. The Morgan fingerprint density at radius 2 is 2.05 bits per heavy atom. The Morgan fingerprint density at radius 1 is 1.33 bits per heavy atom. The lowest BCUT2D eigenvalue weighted by Crippen LogP contribution is -2.14. The van der Waals surface area contributed by atoms with Gasteiger partial charge in [0.05, 0.1) is 4.92 Å². The molecule has 0 heterocycles. The first-order valence-corrected chi connectivity index (χ1v) is 6.32. The Morgan fingerprint density at radius 3 is 2.67 bits per heavy atom. The Balaban J connectivity index is 2.38. The summed E-state index contributed by atoms with van der Waals surface area (Å²) in [6.45, 7) is 1.69. The molecule has 0 radical (unpaired) electrons. The first kappa shape index (κ1) is 14.8. The smallest absolute Gasteiger partial charge is 0.296 e. The number of amides is 1. The maximum absolute atomic E-state index is 12.2. The third kappa shape index (κ3) is 3.11. The van der Waals surface area contributed by atoms with Gasteiger partial charge in [-0.05, 0) is 36.8 Å². The maximum Gasteiger partial charge on any atom is 0.296 e. The van der Waals surface area contributed by atoms with Crippen LogP contribution in [0, 0.1) is 17.0 Å². The van der Waals surface area contributed by atoms with Crippen molar-refractivity contribution in [2.45, 2.75) is 6.92 Å². The van der Waals surface area contributed by atoms with Gasteiger partial charge in [-0.15, -0.1) is 0 Å². The lowest BCUT2D eigenvalue weighted by molar-refractivity contribution is -0.384. The summed E-state index contributed by atoms with van der Waals surface area (Å²) in [7, 11) is 0. The Hall–Kier alpha value is -2.60. The fourth-order valence-electron chi connectivity index (χ4n) is 1.87. The molecule has 0 atom stereocenters. The number of hydrogen-bond acceptors (Lipinski definition) is 4. The van der Waals surface area contributed by atoms with E-state index in [1.807, 2.05) is 0 Å².